The Morgan fingerprint density at radius 1 is 0.500 bits per heavy atom. The van der Waals surface area contributed by atoms with E-state index in [1.165, 1.54) is 32.7 Å². The second-order valence-electron chi connectivity index (χ2n) is 12.3. The number of nitrogens with one attached hydrogen (secondary N) is 2. The first-order chi connectivity index (χ1) is 22.4. The first-order valence-electron chi connectivity index (χ1n) is 15.9. The Balaban J connectivity index is 0.000000147. The van der Waals surface area contributed by atoms with Crippen LogP contribution in [0.15, 0.2) is 109 Å². The van der Waals surface area contributed by atoms with E-state index >= 15 is 0 Å². The average Bonchev–Trinajstić information content (AvgIpc) is 3.07. The van der Waals surface area contributed by atoms with Gasteiger partial charge < -0.3 is 31.1 Å². The number of rotatable bonds is 4. The largest absolute Gasteiger partial charge is 0.504 e. The summed E-state index contributed by atoms with van der Waals surface area (Å²) in [5, 5.41) is 51.2. The lowest BCUT2D eigenvalue weighted by Crippen LogP contribution is -2.31. The molecule has 0 aliphatic carbocycles. The van der Waals surface area contributed by atoms with Crippen molar-refractivity contribution in [2.24, 2.45) is 0 Å². The van der Waals surface area contributed by atoms with Crippen molar-refractivity contribution < 1.29 is 20.4 Å². The van der Waals surface area contributed by atoms with E-state index < -0.39 is 0 Å². The zero-order chi connectivity index (χ0) is 31.6. The van der Waals surface area contributed by atoms with Gasteiger partial charge in [0.2, 0.25) is 0 Å². The van der Waals surface area contributed by atoms with Crippen molar-refractivity contribution in [3.8, 4) is 23.0 Å². The highest BCUT2D eigenvalue weighted by atomic mass is 16.3. The standard InChI is InChI=1S/2C20H19NO2/c22-19-11-15-8-9-21-18(17(15)12-20(19)23)10-14-6-3-5-13-4-1-2-7-16(13)14;22-19-11-16-7-8-21-18(17(16)12-20(19)23)10-13-5-6-14-3-1-2-4-15(14)9-13/h1-7,11-12,18,21-23H,8-10H2;1-6,9,11-12,18,21-23H,7-8,10H2. The van der Waals surface area contributed by atoms with Gasteiger partial charge in [-0.25, -0.2) is 0 Å². The third kappa shape index (κ3) is 6.10. The van der Waals surface area contributed by atoms with E-state index in [0.717, 1.165) is 61.0 Å². The van der Waals surface area contributed by atoms with E-state index in [9.17, 15) is 20.4 Å². The number of phenols is 4. The first kappa shape index (κ1) is 29.7. The molecule has 8 rings (SSSR count). The highest BCUT2D eigenvalue weighted by Crippen LogP contribution is 2.37. The summed E-state index contributed by atoms with van der Waals surface area (Å²) in [6.45, 7) is 1.77. The van der Waals surface area contributed by atoms with Gasteiger partial charge in [-0.3, -0.25) is 0 Å². The van der Waals surface area contributed by atoms with Crippen LogP contribution in [0.2, 0.25) is 0 Å². The lowest BCUT2D eigenvalue weighted by Gasteiger charge is -2.28. The van der Waals surface area contributed by atoms with Gasteiger partial charge in [-0.15, -0.1) is 0 Å². The number of phenolic OH excluding ortho intramolecular Hbond substituents is 4. The number of hydrogen-bond acceptors (Lipinski definition) is 6. The predicted molar refractivity (Wildman–Crippen MR) is 184 cm³/mol. The number of fused-ring (bicyclic) bond motifs is 4. The molecule has 2 unspecified atom stereocenters. The second kappa shape index (κ2) is 12.8. The maximum absolute atomic E-state index is 9.85. The third-order valence-corrected chi connectivity index (χ3v) is 9.35. The van der Waals surface area contributed by atoms with Crippen LogP contribution in [0.4, 0.5) is 0 Å². The Bertz CT molecular complexity index is 2030. The van der Waals surface area contributed by atoms with Crippen molar-refractivity contribution in [3.05, 3.63) is 143 Å². The molecule has 2 heterocycles. The fourth-order valence-corrected chi connectivity index (χ4v) is 6.99. The molecule has 0 radical (unpaired) electrons. The molecule has 0 fully saturated rings. The van der Waals surface area contributed by atoms with E-state index in [1.54, 1.807) is 24.3 Å². The molecule has 6 nitrogen and oxygen atoms in total. The van der Waals surface area contributed by atoms with Crippen LogP contribution >= 0.6 is 0 Å². The van der Waals surface area contributed by atoms with Gasteiger partial charge >= 0.3 is 0 Å². The van der Waals surface area contributed by atoms with E-state index in [4.69, 9.17) is 0 Å². The summed E-state index contributed by atoms with van der Waals surface area (Å²) in [5.74, 6) is -0.156. The van der Waals surface area contributed by atoms with E-state index in [0.29, 0.717) is 0 Å². The molecule has 46 heavy (non-hydrogen) atoms. The van der Waals surface area contributed by atoms with Gasteiger partial charge in [0.25, 0.3) is 0 Å². The molecule has 6 aromatic rings. The second-order valence-corrected chi connectivity index (χ2v) is 12.3. The average molecular weight is 611 g/mol. The Kier molecular flexibility index (Phi) is 8.22. The Labute approximate surface area is 268 Å². The molecule has 6 heteroatoms. The molecule has 0 saturated carbocycles. The number of aromatic hydroxyl groups is 4. The Morgan fingerprint density at radius 3 is 1.72 bits per heavy atom. The molecular formula is C40H38N2O4. The Morgan fingerprint density at radius 2 is 1.04 bits per heavy atom. The molecule has 2 atom stereocenters. The topological polar surface area (TPSA) is 105 Å². The molecule has 6 N–H and O–H groups in total. The van der Waals surface area contributed by atoms with Gasteiger partial charge in [-0.2, -0.15) is 0 Å². The van der Waals surface area contributed by atoms with Crippen LogP contribution in [0.25, 0.3) is 21.5 Å². The quantitative estimate of drug-likeness (QED) is 0.117. The van der Waals surface area contributed by atoms with E-state index in [-0.39, 0.29) is 35.1 Å². The maximum atomic E-state index is 9.85. The van der Waals surface area contributed by atoms with Crippen molar-refractivity contribution in [2.45, 2.75) is 37.8 Å². The van der Waals surface area contributed by atoms with E-state index in [1.807, 2.05) is 0 Å². The predicted octanol–water partition coefficient (Wildman–Crippen LogP) is 7.36. The lowest BCUT2D eigenvalue weighted by atomic mass is 9.88. The fourth-order valence-electron chi connectivity index (χ4n) is 6.99. The molecule has 0 saturated heterocycles. The molecule has 0 spiro atoms. The summed E-state index contributed by atoms with van der Waals surface area (Å²) in [7, 11) is 0. The van der Waals surface area contributed by atoms with Gasteiger partial charge in [-0.1, -0.05) is 84.9 Å². The lowest BCUT2D eigenvalue weighted by molar-refractivity contribution is 0.398. The molecule has 6 aromatic carbocycles. The summed E-state index contributed by atoms with van der Waals surface area (Å²) in [5.41, 5.74) is 6.95. The van der Waals surface area contributed by atoms with E-state index in [2.05, 4.69) is 95.6 Å². The van der Waals surface area contributed by atoms with Gasteiger partial charge in [0.05, 0.1) is 0 Å². The van der Waals surface area contributed by atoms with Gasteiger partial charge in [0.15, 0.2) is 23.0 Å². The van der Waals surface area contributed by atoms with Crippen LogP contribution in [0.5, 0.6) is 23.0 Å². The molecule has 0 bridgehead atoms. The highest BCUT2D eigenvalue weighted by molar-refractivity contribution is 5.86. The van der Waals surface area contributed by atoms with Crippen molar-refractivity contribution in [2.75, 3.05) is 13.1 Å². The van der Waals surface area contributed by atoms with Crippen LogP contribution < -0.4 is 10.6 Å². The summed E-state index contributed by atoms with van der Waals surface area (Å²) in [6.07, 6.45) is 3.47. The maximum Gasteiger partial charge on any atom is 0.157 e. The van der Waals surface area contributed by atoms with Crippen LogP contribution in [-0.4, -0.2) is 33.5 Å². The number of benzene rings is 6. The smallest absolute Gasteiger partial charge is 0.157 e. The molecule has 0 aromatic heterocycles. The zero-order valence-electron chi connectivity index (χ0n) is 25.6. The fraction of sp³-hybridized carbons (Fsp3) is 0.200. The molecule has 232 valence electrons. The molecule has 2 aliphatic rings. The minimum atomic E-state index is -0.0460. The SMILES string of the molecule is Oc1cc2c(cc1O)C(Cc1ccc3ccccc3c1)NCC2.Oc1cc2c(cc1O)C(Cc1cccc3ccccc13)NCC2. The summed E-state index contributed by atoms with van der Waals surface area (Å²) in [4.78, 5) is 0. The van der Waals surface area contributed by atoms with Crippen LogP contribution in [0.1, 0.15) is 45.5 Å². The van der Waals surface area contributed by atoms with Crippen LogP contribution in [0.3, 0.4) is 0 Å². The summed E-state index contributed by atoms with van der Waals surface area (Å²) >= 11 is 0. The molecular weight excluding hydrogens is 572 g/mol. The Hall–Kier alpha value is -5.04. The van der Waals surface area contributed by atoms with Gasteiger partial charge in [-0.05, 0) is 118 Å². The summed E-state index contributed by atoms with van der Waals surface area (Å²) < 4.78 is 0. The van der Waals surface area contributed by atoms with Crippen molar-refractivity contribution in [1.82, 2.24) is 10.6 Å². The van der Waals surface area contributed by atoms with Gasteiger partial charge in [0, 0.05) is 12.1 Å². The minimum absolute atomic E-state index is 0.0323. The monoisotopic (exact) mass is 610 g/mol. The molecule has 0 amide bonds. The zero-order valence-corrected chi connectivity index (χ0v) is 25.6. The summed E-state index contributed by atoms with van der Waals surface area (Å²) in [6, 6.07) is 36.8. The highest BCUT2D eigenvalue weighted by Gasteiger charge is 2.23. The van der Waals surface area contributed by atoms with Crippen molar-refractivity contribution >= 4 is 21.5 Å². The van der Waals surface area contributed by atoms with Crippen LogP contribution in [0, 0.1) is 0 Å². The first-order valence-corrected chi connectivity index (χ1v) is 15.9. The van der Waals surface area contributed by atoms with Crippen molar-refractivity contribution in [1.29, 1.82) is 0 Å². The van der Waals surface area contributed by atoms with Crippen LogP contribution in [-0.2, 0) is 25.7 Å². The third-order valence-electron chi connectivity index (χ3n) is 9.35. The van der Waals surface area contributed by atoms with Crippen molar-refractivity contribution in [3.63, 3.8) is 0 Å². The normalized spacial score (nSPS) is 17.1. The van der Waals surface area contributed by atoms with Gasteiger partial charge in [0.1, 0.15) is 0 Å². The number of hydrogen-bond donors (Lipinski definition) is 6. The minimum Gasteiger partial charge on any atom is -0.504 e. The molecule has 2 aliphatic heterocycles.